The van der Waals surface area contributed by atoms with Crippen LogP contribution in [0, 0.1) is 0 Å². The number of phosphoric ester groups is 2. The zero-order valence-electron chi connectivity index (χ0n) is 13.1. The van der Waals surface area contributed by atoms with Crippen LogP contribution in [0.25, 0.3) is 0 Å². The summed E-state index contributed by atoms with van der Waals surface area (Å²) in [5.74, 6) is -1.46. The Morgan fingerprint density at radius 3 is 1.75 bits per heavy atom. The van der Waals surface area contributed by atoms with Crippen LogP contribution in [0.5, 0.6) is 0 Å². The van der Waals surface area contributed by atoms with Crippen molar-refractivity contribution in [2.45, 2.75) is 18.3 Å². The van der Waals surface area contributed by atoms with E-state index in [9.17, 15) is 38.8 Å². The number of aliphatic hydroxyl groups is 3. The molecule has 13 nitrogen and oxygen atoms in total. The molecule has 0 aromatic carbocycles. The second-order valence-electron chi connectivity index (χ2n) is 3.45. The monoisotopic (exact) mass is 424 g/mol. The van der Waals surface area contributed by atoms with Crippen molar-refractivity contribution >= 4 is 21.4 Å². The summed E-state index contributed by atoms with van der Waals surface area (Å²) in [4.78, 5) is 49.6. The van der Waals surface area contributed by atoms with E-state index in [1.807, 2.05) is 0 Å². The summed E-state index contributed by atoms with van der Waals surface area (Å²) in [5, 5.41) is 27.6. The predicted octanol–water partition coefficient (Wildman–Crippen LogP) is -14.9. The van der Waals surface area contributed by atoms with Gasteiger partial charge >= 0.3 is 88.7 Å². The van der Waals surface area contributed by atoms with E-state index >= 15 is 0 Å². The van der Waals surface area contributed by atoms with Gasteiger partial charge in [-0.2, -0.15) is 0 Å². The second kappa shape index (κ2) is 16.7. The summed E-state index contributed by atoms with van der Waals surface area (Å²) in [6, 6.07) is 0. The van der Waals surface area contributed by atoms with Crippen molar-refractivity contribution in [3.8, 4) is 0 Å². The van der Waals surface area contributed by atoms with Gasteiger partial charge in [-0.1, -0.05) is 0 Å². The maximum absolute atomic E-state index is 11.1. The normalized spacial score (nSPS) is 16.6. The number of carbonyl (C=O) groups is 1. The molecule has 0 spiro atoms. The van der Waals surface area contributed by atoms with Crippen molar-refractivity contribution in [1.29, 1.82) is 0 Å². The second-order valence-corrected chi connectivity index (χ2v) is 5.80. The third kappa shape index (κ3) is 19.5. The van der Waals surface area contributed by atoms with Gasteiger partial charge in [0, 0.05) is 0 Å². The minimum atomic E-state index is -5.46. The van der Waals surface area contributed by atoms with E-state index in [1.165, 1.54) is 0 Å². The summed E-state index contributed by atoms with van der Waals surface area (Å²) >= 11 is 0. The molecule has 0 aliphatic rings. The van der Waals surface area contributed by atoms with Gasteiger partial charge in [-0.25, -0.2) is 0 Å². The number of aliphatic hydroxyl groups excluding tert-OH is 3. The standard InChI is InChI=1S/C6H14O12P2.3Na.H2O/c7-3(1-17-19(11,12)13)5(9)6(10)4(8)2-18-20(14,15)16;;;;/h3,5-7,9-10H,1-2H2,(H2,11,12,13)(H2,14,15,16);;;;1H2/q;3*+1;/p-3/t3-,5-,6-;;;;/m1..../s1. The molecule has 1 unspecified atom stereocenters. The van der Waals surface area contributed by atoms with Crippen LogP contribution in [0.1, 0.15) is 0 Å². The van der Waals surface area contributed by atoms with Gasteiger partial charge in [-0.15, -0.1) is 0 Å². The molecule has 0 amide bonds. The first-order chi connectivity index (χ1) is 8.83. The summed E-state index contributed by atoms with van der Waals surface area (Å²) in [6.45, 7) is -2.55. The van der Waals surface area contributed by atoms with Crippen LogP contribution < -0.4 is 103 Å². The third-order valence-corrected chi connectivity index (χ3v) is 2.74. The Morgan fingerprint density at radius 1 is 1.00 bits per heavy atom. The van der Waals surface area contributed by atoms with Gasteiger partial charge in [0.1, 0.15) is 24.9 Å². The van der Waals surface area contributed by atoms with Crippen molar-refractivity contribution in [2.24, 2.45) is 0 Å². The molecule has 0 rings (SSSR count). The van der Waals surface area contributed by atoms with Crippen LogP contribution in [0.2, 0.25) is 0 Å². The molecule has 0 radical (unpaired) electrons. The summed E-state index contributed by atoms with van der Waals surface area (Å²) in [6.07, 6.45) is -6.74. The van der Waals surface area contributed by atoms with Gasteiger partial charge in [0.25, 0.3) is 7.82 Å². The first kappa shape index (κ1) is 37.5. The van der Waals surface area contributed by atoms with Gasteiger partial charge < -0.3 is 54.0 Å². The van der Waals surface area contributed by atoms with Crippen LogP contribution >= 0.6 is 15.6 Å². The van der Waals surface area contributed by atoms with Crippen LogP contribution in [0.15, 0.2) is 0 Å². The minimum Gasteiger partial charge on any atom is -0.790 e. The van der Waals surface area contributed by atoms with Gasteiger partial charge in [-0.3, -0.25) is 9.36 Å². The smallest absolute Gasteiger partial charge is 0.790 e. The molecule has 0 aliphatic heterocycles. The van der Waals surface area contributed by atoms with Crippen molar-refractivity contribution < 1.29 is 152 Å². The van der Waals surface area contributed by atoms with Gasteiger partial charge in [0.2, 0.25) is 0 Å². The summed E-state index contributed by atoms with van der Waals surface area (Å²) in [7, 11) is -10.6. The molecule has 0 aliphatic carbocycles. The minimum absolute atomic E-state index is 0. The van der Waals surface area contributed by atoms with E-state index in [-0.39, 0.29) is 94.1 Å². The molecule has 0 saturated carbocycles. The molecule has 6 N–H and O–H groups in total. The van der Waals surface area contributed by atoms with E-state index in [2.05, 4.69) is 9.05 Å². The van der Waals surface area contributed by atoms with E-state index < -0.39 is 53.0 Å². The van der Waals surface area contributed by atoms with Crippen LogP contribution in [0.4, 0.5) is 0 Å². The molecule has 0 aromatic heterocycles. The maximum atomic E-state index is 11.1. The molecule has 0 bridgehead atoms. The molecular weight excluding hydrogens is 411 g/mol. The van der Waals surface area contributed by atoms with Crippen molar-refractivity contribution in [2.75, 3.05) is 13.2 Å². The molecule has 0 fully saturated rings. The van der Waals surface area contributed by atoms with Crippen LogP contribution in [-0.4, -0.2) is 63.0 Å². The zero-order chi connectivity index (χ0) is 16.1. The first-order valence-corrected chi connectivity index (χ1v) is 7.71. The molecular formula is C6H13Na3O13P2. The number of phosphoric acid groups is 2. The van der Waals surface area contributed by atoms with E-state index in [0.717, 1.165) is 0 Å². The predicted molar refractivity (Wildman–Crippen MR) is 56.0 cm³/mol. The molecule has 0 heterocycles. The Kier molecular flexibility index (Phi) is 26.0. The number of hydrogen-bond donors (Lipinski definition) is 4. The fraction of sp³-hybridized carbons (Fsp3) is 0.833. The van der Waals surface area contributed by atoms with Crippen molar-refractivity contribution in [3.05, 3.63) is 0 Å². The number of rotatable bonds is 9. The molecule has 18 heteroatoms. The maximum Gasteiger partial charge on any atom is 1.00 e. The Labute approximate surface area is 202 Å². The Hall–Kier alpha value is 2.73. The van der Waals surface area contributed by atoms with Gasteiger partial charge in [-0.05, 0) is 0 Å². The molecule has 0 aromatic rings. The Balaban J connectivity index is -0.000000301. The number of carbonyl (C=O) groups excluding carboxylic acids is 1. The van der Waals surface area contributed by atoms with E-state index in [0.29, 0.717) is 0 Å². The molecule has 0 saturated heterocycles. The van der Waals surface area contributed by atoms with Crippen molar-refractivity contribution in [1.82, 2.24) is 0 Å². The Bertz CT molecular complexity index is 424. The first-order valence-electron chi connectivity index (χ1n) is 4.75. The number of Topliss-reactive ketones (excluding diaryl/α,β-unsaturated/α-hetero) is 1. The quantitative estimate of drug-likeness (QED) is 0.199. The van der Waals surface area contributed by atoms with E-state index in [4.69, 9.17) is 10.00 Å². The van der Waals surface area contributed by atoms with Gasteiger partial charge in [0.05, 0.1) is 14.4 Å². The van der Waals surface area contributed by atoms with Crippen molar-refractivity contribution in [3.63, 3.8) is 0 Å². The van der Waals surface area contributed by atoms with Crippen LogP contribution in [-0.2, 0) is 23.0 Å². The number of hydrogen-bond acceptors (Lipinski definition) is 11. The zero-order valence-corrected chi connectivity index (χ0v) is 20.9. The third-order valence-electron chi connectivity index (χ3n) is 1.82. The SMILES string of the molecule is O.O=C(COP(=O)([O-])[O-])[C@@H](O)[C@H](O)[C@H](O)COP(=O)([O-])O.[Na+].[Na+].[Na+]. The largest absolute Gasteiger partial charge is 1.00 e. The number of ketones is 1. The fourth-order valence-electron chi connectivity index (χ4n) is 0.898. The average Bonchev–Trinajstić information content (AvgIpc) is 2.29. The summed E-state index contributed by atoms with van der Waals surface area (Å²) in [5.41, 5.74) is 0. The molecule has 24 heavy (non-hydrogen) atoms. The topological polar surface area (TPSA) is 251 Å². The van der Waals surface area contributed by atoms with E-state index in [1.54, 1.807) is 0 Å². The fourth-order valence-corrected chi connectivity index (χ4v) is 1.52. The molecule has 4 atom stereocenters. The average molecular weight is 424 g/mol. The van der Waals surface area contributed by atoms with Crippen LogP contribution in [0.3, 0.4) is 0 Å². The van der Waals surface area contributed by atoms with Gasteiger partial charge in [0.15, 0.2) is 5.78 Å². The molecule has 128 valence electrons. The Morgan fingerprint density at radius 2 is 1.42 bits per heavy atom. The summed E-state index contributed by atoms with van der Waals surface area (Å²) < 4.78 is 27.5.